The molecule has 0 spiro atoms. The third-order valence-electron chi connectivity index (χ3n) is 6.90. The lowest BCUT2D eigenvalue weighted by Crippen LogP contribution is -2.54. The number of primary amides is 1. The summed E-state index contributed by atoms with van der Waals surface area (Å²) in [5, 5.41) is 10.8. The zero-order chi connectivity index (χ0) is 34.0. The normalized spacial score (nSPS) is 18.5. The Morgan fingerprint density at radius 3 is 2.17 bits per heavy atom. The number of carbonyl (C=O) groups excluding carboxylic acids is 7. The van der Waals surface area contributed by atoms with Gasteiger partial charge in [0.1, 0.15) is 31.1 Å². The van der Waals surface area contributed by atoms with Crippen LogP contribution in [0.4, 0.5) is 5.69 Å². The highest BCUT2D eigenvalue weighted by atomic mass is 16.6. The Morgan fingerprint density at radius 1 is 0.978 bits per heavy atom. The number of epoxide rings is 1. The molecule has 0 radical (unpaired) electrons. The molecule has 0 aromatic heterocycles. The Balaban J connectivity index is 1.62. The second kappa shape index (κ2) is 16.1. The molecule has 2 unspecified atom stereocenters. The molecular weight excluding hydrogens is 602 g/mol. The molecule has 2 heterocycles. The quantitative estimate of drug-likeness (QED) is 0.0514. The van der Waals surface area contributed by atoms with Gasteiger partial charge in [-0.15, -0.1) is 0 Å². The van der Waals surface area contributed by atoms with Crippen LogP contribution in [-0.4, -0.2) is 83.9 Å². The number of rotatable bonds is 17. The number of hydrogen-bond donors (Lipinski definition) is 6. The maximum atomic E-state index is 13.3. The van der Waals surface area contributed by atoms with Gasteiger partial charge < -0.3 is 36.9 Å². The summed E-state index contributed by atoms with van der Waals surface area (Å²) in [7, 11) is 0. The average Bonchev–Trinajstić information content (AvgIpc) is 3.60. The van der Waals surface area contributed by atoms with Crippen LogP contribution in [-0.2, 0) is 49.6 Å². The van der Waals surface area contributed by atoms with Gasteiger partial charge in [0.2, 0.25) is 23.6 Å². The maximum absolute atomic E-state index is 13.3. The van der Waals surface area contributed by atoms with Gasteiger partial charge >= 0.3 is 5.97 Å². The molecule has 46 heavy (non-hydrogen) atoms. The largest absolute Gasteiger partial charge is 0.460 e. The number of nitrogens with zero attached hydrogens (tertiary/aromatic N) is 1. The molecule has 2 aliphatic heterocycles. The van der Waals surface area contributed by atoms with E-state index in [0.717, 1.165) is 17.1 Å². The first-order valence-corrected chi connectivity index (χ1v) is 14.8. The van der Waals surface area contributed by atoms with Crippen LogP contribution in [0.15, 0.2) is 36.4 Å². The molecule has 0 aliphatic carbocycles. The number of nitrogens with two attached hydrogens (primary N) is 2. The Morgan fingerprint density at radius 2 is 1.61 bits per heavy atom. The molecule has 16 nitrogen and oxygen atoms in total. The monoisotopic (exact) mass is 643 g/mol. The van der Waals surface area contributed by atoms with Crippen LogP contribution in [0.5, 0.6) is 0 Å². The first-order chi connectivity index (χ1) is 21.6. The van der Waals surface area contributed by atoms with Crippen molar-refractivity contribution < 1.29 is 43.0 Å². The van der Waals surface area contributed by atoms with Crippen molar-refractivity contribution in [2.45, 2.75) is 77.6 Å². The van der Waals surface area contributed by atoms with Crippen LogP contribution in [0.1, 0.15) is 52.0 Å². The fraction of sp³-hybridized carbons (Fsp3) is 0.500. The SMILES string of the molecule is CC(C)(C)C(=O)OCc1ccc(NC(=O)[C@H](CCCNC2OC2N)NC(=O)[C@H](CC(N)=O)NC(=O)CCN2C(=O)C=CC2=O)cc1. The number of carbonyl (C=O) groups is 7. The molecular formula is C30H41N7O9. The smallest absolute Gasteiger partial charge is 0.311 e. The van der Waals surface area contributed by atoms with E-state index in [9.17, 15) is 33.6 Å². The minimum Gasteiger partial charge on any atom is -0.460 e. The predicted molar refractivity (Wildman–Crippen MR) is 163 cm³/mol. The summed E-state index contributed by atoms with van der Waals surface area (Å²) in [6.07, 6.45) is 1.15. The number of ether oxygens (including phenoxy) is 2. The molecule has 1 fully saturated rings. The number of imide groups is 1. The van der Waals surface area contributed by atoms with Gasteiger partial charge in [0.05, 0.1) is 11.8 Å². The number of nitrogens with one attached hydrogen (secondary N) is 4. The highest BCUT2D eigenvalue weighted by Gasteiger charge is 2.34. The number of anilines is 1. The van der Waals surface area contributed by atoms with E-state index in [1.807, 2.05) is 0 Å². The van der Waals surface area contributed by atoms with Gasteiger partial charge in [-0.1, -0.05) is 12.1 Å². The van der Waals surface area contributed by atoms with Crippen LogP contribution in [0, 0.1) is 5.41 Å². The fourth-order valence-corrected chi connectivity index (χ4v) is 4.20. The third kappa shape index (κ3) is 11.4. The van der Waals surface area contributed by atoms with Gasteiger partial charge in [-0.3, -0.25) is 43.8 Å². The van der Waals surface area contributed by atoms with Gasteiger partial charge in [-0.2, -0.15) is 0 Å². The van der Waals surface area contributed by atoms with Crippen LogP contribution in [0.25, 0.3) is 0 Å². The van der Waals surface area contributed by atoms with Gasteiger partial charge in [0, 0.05) is 30.8 Å². The van der Waals surface area contributed by atoms with Crippen molar-refractivity contribution in [1.82, 2.24) is 20.9 Å². The van der Waals surface area contributed by atoms with Gasteiger partial charge in [-0.05, 0) is 57.9 Å². The van der Waals surface area contributed by atoms with E-state index in [4.69, 9.17) is 20.9 Å². The summed E-state index contributed by atoms with van der Waals surface area (Å²) in [4.78, 5) is 87.3. The molecule has 1 aromatic rings. The van der Waals surface area contributed by atoms with Crippen molar-refractivity contribution in [2.24, 2.45) is 16.9 Å². The van der Waals surface area contributed by atoms with Crippen LogP contribution >= 0.6 is 0 Å². The summed E-state index contributed by atoms with van der Waals surface area (Å²) < 4.78 is 10.4. The summed E-state index contributed by atoms with van der Waals surface area (Å²) in [6, 6.07) is 4.08. The zero-order valence-corrected chi connectivity index (χ0v) is 26.0. The average molecular weight is 644 g/mol. The second-order valence-corrected chi connectivity index (χ2v) is 11.9. The molecule has 3 rings (SSSR count). The predicted octanol–water partition coefficient (Wildman–Crippen LogP) is -1.11. The zero-order valence-electron chi connectivity index (χ0n) is 26.0. The standard InChI is InChI=1S/C30H41N7O9/c1-30(2,3)29(44)45-16-17-6-8-18(9-7-17)34-26(42)19(5-4-13-33-28-25(32)46-28)36-27(43)20(15-21(31)38)35-22(39)12-14-37-23(40)10-11-24(37)41/h6-11,19-20,25,28,33H,4-5,12-16,32H2,1-3H3,(H2,31,38)(H,34,42)(H,35,39)(H,36,43)/t19-,20-,25?,28?/m0/s1. The molecule has 2 aliphatic rings. The van der Waals surface area contributed by atoms with Gasteiger partial charge in [0.15, 0.2) is 0 Å². The summed E-state index contributed by atoms with van der Waals surface area (Å²) in [5.41, 5.74) is 11.4. The summed E-state index contributed by atoms with van der Waals surface area (Å²) in [6.45, 7) is 5.49. The van der Waals surface area contributed by atoms with E-state index >= 15 is 0 Å². The highest BCUT2D eigenvalue weighted by Crippen LogP contribution is 2.18. The van der Waals surface area contributed by atoms with E-state index in [1.165, 1.54) is 0 Å². The third-order valence-corrected chi connectivity index (χ3v) is 6.90. The number of amides is 6. The molecule has 1 saturated heterocycles. The lowest BCUT2D eigenvalue weighted by Gasteiger charge is -2.23. The lowest BCUT2D eigenvalue weighted by atomic mass is 9.97. The van der Waals surface area contributed by atoms with Crippen molar-refractivity contribution in [1.29, 1.82) is 0 Å². The molecule has 16 heteroatoms. The Bertz CT molecular complexity index is 1340. The van der Waals surface area contributed by atoms with Crippen molar-refractivity contribution in [3.05, 3.63) is 42.0 Å². The molecule has 1 aromatic carbocycles. The van der Waals surface area contributed by atoms with Crippen molar-refractivity contribution in [3.8, 4) is 0 Å². The van der Waals surface area contributed by atoms with E-state index in [0.29, 0.717) is 24.2 Å². The molecule has 0 saturated carbocycles. The minimum atomic E-state index is -1.42. The lowest BCUT2D eigenvalue weighted by molar-refractivity contribution is -0.154. The fourth-order valence-electron chi connectivity index (χ4n) is 4.20. The van der Waals surface area contributed by atoms with E-state index in [1.54, 1.807) is 45.0 Å². The number of esters is 1. The summed E-state index contributed by atoms with van der Waals surface area (Å²) >= 11 is 0. The minimum absolute atomic E-state index is 0.0544. The van der Waals surface area contributed by atoms with Crippen molar-refractivity contribution >= 4 is 47.1 Å². The molecule has 6 amide bonds. The van der Waals surface area contributed by atoms with Crippen LogP contribution < -0.4 is 32.7 Å². The molecule has 250 valence electrons. The molecule has 4 atom stereocenters. The van der Waals surface area contributed by atoms with Gasteiger partial charge in [-0.25, -0.2) is 0 Å². The number of benzene rings is 1. The van der Waals surface area contributed by atoms with Crippen LogP contribution in [0.2, 0.25) is 0 Å². The maximum Gasteiger partial charge on any atom is 0.311 e. The van der Waals surface area contributed by atoms with E-state index in [2.05, 4.69) is 21.3 Å². The molecule has 8 N–H and O–H groups in total. The van der Waals surface area contributed by atoms with Crippen molar-refractivity contribution in [2.75, 3.05) is 18.4 Å². The summed E-state index contributed by atoms with van der Waals surface area (Å²) in [5.74, 6) is -4.49. The van der Waals surface area contributed by atoms with Gasteiger partial charge in [0.25, 0.3) is 11.8 Å². The first-order valence-electron chi connectivity index (χ1n) is 14.8. The topological polar surface area (TPSA) is 245 Å². The first kappa shape index (κ1) is 35.8. The van der Waals surface area contributed by atoms with E-state index < -0.39 is 65.6 Å². The Labute approximate surface area is 265 Å². The highest BCUT2D eigenvalue weighted by molar-refractivity contribution is 6.13. The number of hydrogen-bond acceptors (Lipinski definition) is 11. The van der Waals surface area contributed by atoms with Crippen LogP contribution in [0.3, 0.4) is 0 Å². The Kier molecular flexibility index (Phi) is 12.5. The van der Waals surface area contributed by atoms with E-state index in [-0.39, 0.29) is 38.2 Å². The molecule has 0 bridgehead atoms. The second-order valence-electron chi connectivity index (χ2n) is 11.9. The van der Waals surface area contributed by atoms with Crippen molar-refractivity contribution in [3.63, 3.8) is 0 Å². The Hall–Kier alpha value is -4.67.